The van der Waals surface area contributed by atoms with E-state index in [1.165, 1.54) is 5.56 Å². The van der Waals surface area contributed by atoms with Gasteiger partial charge >= 0.3 is 0 Å². The zero-order valence-corrected chi connectivity index (χ0v) is 11.0. The van der Waals surface area contributed by atoms with Gasteiger partial charge < -0.3 is 10.5 Å². The molecular weight excluding hydrogens is 236 g/mol. The number of benzene rings is 2. The van der Waals surface area contributed by atoms with Gasteiger partial charge in [0.25, 0.3) is 0 Å². The molecule has 2 aromatic carbocycles. The highest BCUT2D eigenvalue weighted by Gasteiger charge is 1.99. The molecule has 0 aliphatic heterocycles. The van der Waals surface area contributed by atoms with Crippen molar-refractivity contribution < 1.29 is 4.74 Å². The van der Waals surface area contributed by atoms with Gasteiger partial charge in [-0.1, -0.05) is 42.0 Å². The lowest BCUT2D eigenvalue weighted by Gasteiger charge is -2.08. The molecule has 0 heterocycles. The largest absolute Gasteiger partial charge is 0.489 e. The molecule has 0 aliphatic rings. The number of ether oxygens (including phenoxy) is 1. The fourth-order valence-corrected chi connectivity index (χ4v) is 1.89. The minimum atomic E-state index is 0.174. The molecule has 98 valence electrons. The van der Waals surface area contributed by atoms with Gasteiger partial charge in [0.1, 0.15) is 12.4 Å². The van der Waals surface area contributed by atoms with Crippen LogP contribution in [0.5, 0.6) is 5.75 Å². The molecule has 19 heavy (non-hydrogen) atoms. The number of amidine groups is 1. The third kappa shape index (κ3) is 4.14. The van der Waals surface area contributed by atoms with Crippen molar-refractivity contribution in [2.24, 2.45) is 5.73 Å². The molecule has 0 unspecified atom stereocenters. The van der Waals surface area contributed by atoms with Gasteiger partial charge in [-0.3, -0.25) is 5.41 Å². The molecule has 0 saturated carbocycles. The van der Waals surface area contributed by atoms with E-state index in [4.69, 9.17) is 15.9 Å². The first-order chi connectivity index (χ1) is 9.13. The van der Waals surface area contributed by atoms with E-state index in [1.807, 2.05) is 30.3 Å². The number of rotatable bonds is 5. The van der Waals surface area contributed by atoms with Crippen LogP contribution in [0.4, 0.5) is 0 Å². The summed E-state index contributed by atoms with van der Waals surface area (Å²) in [6.07, 6.45) is 0.484. The standard InChI is InChI=1S/C16H18N2O/c1-12-3-2-4-14(9-12)11-19-15-7-5-13(6-8-15)10-16(17)18/h2-9H,10-11H2,1H3,(H3,17,18). The van der Waals surface area contributed by atoms with E-state index in [2.05, 4.69) is 25.1 Å². The Morgan fingerprint density at radius 2 is 1.84 bits per heavy atom. The van der Waals surface area contributed by atoms with E-state index in [0.717, 1.165) is 16.9 Å². The molecule has 0 saturated heterocycles. The summed E-state index contributed by atoms with van der Waals surface area (Å²) in [7, 11) is 0. The Bertz CT molecular complexity index is 561. The molecule has 0 aliphatic carbocycles. The van der Waals surface area contributed by atoms with E-state index in [0.29, 0.717) is 13.0 Å². The van der Waals surface area contributed by atoms with E-state index >= 15 is 0 Å². The molecule has 3 heteroatoms. The van der Waals surface area contributed by atoms with E-state index < -0.39 is 0 Å². The Labute approximate surface area is 113 Å². The van der Waals surface area contributed by atoms with Crippen LogP contribution in [0.3, 0.4) is 0 Å². The van der Waals surface area contributed by atoms with Crippen LogP contribution in [0.15, 0.2) is 48.5 Å². The summed E-state index contributed by atoms with van der Waals surface area (Å²) in [5, 5.41) is 7.25. The molecule has 0 spiro atoms. The maximum Gasteiger partial charge on any atom is 0.119 e. The average Bonchev–Trinajstić information content (AvgIpc) is 2.37. The maximum absolute atomic E-state index is 7.25. The van der Waals surface area contributed by atoms with Gasteiger partial charge in [0.15, 0.2) is 0 Å². The molecule has 0 amide bonds. The van der Waals surface area contributed by atoms with Crippen LogP contribution < -0.4 is 10.5 Å². The molecule has 2 rings (SSSR count). The summed E-state index contributed by atoms with van der Waals surface area (Å²) < 4.78 is 5.72. The zero-order valence-electron chi connectivity index (χ0n) is 11.0. The maximum atomic E-state index is 7.25. The first-order valence-electron chi connectivity index (χ1n) is 6.23. The lowest BCUT2D eigenvalue weighted by molar-refractivity contribution is 0.306. The predicted molar refractivity (Wildman–Crippen MR) is 77.6 cm³/mol. The third-order valence-corrected chi connectivity index (χ3v) is 2.81. The monoisotopic (exact) mass is 254 g/mol. The van der Waals surface area contributed by atoms with E-state index in [1.54, 1.807) is 0 Å². The molecule has 3 nitrogen and oxygen atoms in total. The van der Waals surface area contributed by atoms with Crippen molar-refractivity contribution in [1.29, 1.82) is 5.41 Å². The van der Waals surface area contributed by atoms with Crippen LogP contribution in [0, 0.1) is 12.3 Å². The molecule has 3 N–H and O–H groups in total. The minimum absolute atomic E-state index is 0.174. The Kier molecular flexibility index (Phi) is 4.18. The van der Waals surface area contributed by atoms with Crippen LogP contribution in [-0.4, -0.2) is 5.84 Å². The van der Waals surface area contributed by atoms with Gasteiger partial charge in [-0.25, -0.2) is 0 Å². The van der Waals surface area contributed by atoms with Crippen molar-refractivity contribution in [2.75, 3.05) is 0 Å². The summed E-state index contributed by atoms with van der Waals surface area (Å²) in [6, 6.07) is 16.0. The average molecular weight is 254 g/mol. The topological polar surface area (TPSA) is 59.1 Å². The smallest absolute Gasteiger partial charge is 0.119 e. The number of hydrogen-bond donors (Lipinski definition) is 2. The number of aryl methyl sites for hydroxylation is 1. The Hall–Kier alpha value is -2.29. The van der Waals surface area contributed by atoms with Gasteiger partial charge in [0, 0.05) is 6.42 Å². The fraction of sp³-hybridized carbons (Fsp3) is 0.188. The second kappa shape index (κ2) is 6.05. The highest BCUT2D eigenvalue weighted by molar-refractivity contribution is 5.79. The first kappa shape index (κ1) is 13.1. The number of hydrogen-bond acceptors (Lipinski definition) is 2. The van der Waals surface area contributed by atoms with Crippen molar-refractivity contribution in [3.05, 3.63) is 65.2 Å². The molecular formula is C16H18N2O. The summed E-state index contributed by atoms with van der Waals surface area (Å²) in [5.41, 5.74) is 8.78. The van der Waals surface area contributed by atoms with Gasteiger partial charge in [-0.2, -0.15) is 0 Å². The van der Waals surface area contributed by atoms with Crippen molar-refractivity contribution in [3.63, 3.8) is 0 Å². The number of nitrogens with two attached hydrogens (primary N) is 1. The van der Waals surface area contributed by atoms with Crippen LogP contribution in [0.1, 0.15) is 16.7 Å². The summed E-state index contributed by atoms with van der Waals surface area (Å²) in [4.78, 5) is 0. The highest BCUT2D eigenvalue weighted by Crippen LogP contribution is 2.15. The van der Waals surface area contributed by atoms with E-state index in [-0.39, 0.29) is 5.84 Å². The zero-order chi connectivity index (χ0) is 13.7. The lowest BCUT2D eigenvalue weighted by atomic mass is 10.1. The molecule has 0 radical (unpaired) electrons. The summed E-state index contributed by atoms with van der Waals surface area (Å²) in [5.74, 6) is 1.00. The summed E-state index contributed by atoms with van der Waals surface area (Å²) >= 11 is 0. The Balaban J connectivity index is 1.94. The van der Waals surface area contributed by atoms with Gasteiger partial charge in [0.05, 0.1) is 5.84 Å². The second-order valence-electron chi connectivity index (χ2n) is 4.62. The Morgan fingerprint density at radius 3 is 2.47 bits per heavy atom. The molecule has 2 aromatic rings. The van der Waals surface area contributed by atoms with Crippen molar-refractivity contribution in [1.82, 2.24) is 0 Å². The van der Waals surface area contributed by atoms with Gasteiger partial charge in [-0.05, 0) is 30.2 Å². The molecule has 0 fully saturated rings. The van der Waals surface area contributed by atoms with Crippen LogP contribution in [-0.2, 0) is 13.0 Å². The normalized spacial score (nSPS) is 10.2. The van der Waals surface area contributed by atoms with Crippen molar-refractivity contribution in [2.45, 2.75) is 20.0 Å². The second-order valence-corrected chi connectivity index (χ2v) is 4.62. The quantitative estimate of drug-likeness (QED) is 0.636. The van der Waals surface area contributed by atoms with Crippen LogP contribution >= 0.6 is 0 Å². The predicted octanol–water partition coefficient (Wildman–Crippen LogP) is 3.05. The fourth-order valence-electron chi connectivity index (χ4n) is 1.89. The summed E-state index contributed by atoms with van der Waals surface area (Å²) in [6.45, 7) is 2.63. The highest BCUT2D eigenvalue weighted by atomic mass is 16.5. The van der Waals surface area contributed by atoms with Crippen molar-refractivity contribution in [3.8, 4) is 5.75 Å². The van der Waals surface area contributed by atoms with Crippen LogP contribution in [0.2, 0.25) is 0 Å². The molecule has 0 atom stereocenters. The van der Waals surface area contributed by atoms with Gasteiger partial charge in [0.2, 0.25) is 0 Å². The van der Waals surface area contributed by atoms with Crippen molar-refractivity contribution >= 4 is 5.84 Å². The van der Waals surface area contributed by atoms with Crippen LogP contribution in [0.25, 0.3) is 0 Å². The molecule has 0 aromatic heterocycles. The first-order valence-corrected chi connectivity index (χ1v) is 6.23. The minimum Gasteiger partial charge on any atom is -0.489 e. The SMILES string of the molecule is Cc1cccc(COc2ccc(CC(=N)N)cc2)c1. The number of nitrogens with one attached hydrogen (secondary N) is 1. The lowest BCUT2D eigenvalue weighted by Crippen LogP contribution is -2.12. The Morgan fingerprint density at radius 1 is 1.11 bits per heavy atom. The van der Waals surface area contributed by atoms with Gasteiger partial charge in [-0.15, -0.1) is 0 Å². The molecule has 0 bridgehead atoms. The van der Waals surface area contributed by atoms with E-state index in [9.17, 15) is 0 Å². The third-order valence-electron chi connectivity index (χ3n) is 2.81.